The third-order valence-electron chi connectivity index (χ3n) is 5.95. The summed E-state index contributed by atoms with van der Waals surface area (Å²) in [5.41, 5.74) is 0. The Balaban J connectivity index is 1.58. The van der Waals surface area contributed by atoms with E-state index < -0.39 is 0 Å². The number of rotatable bonds is 4. The van der Waals surface area contributed by atoms with Crippen LogP contribution in [0.3, 0.4) is 0 Å². The van der Waals surface area contributed by atoms with Gasteiger partial charge in [0, 0.05) is 52.8 Å². The van der Waals surface area contributed by atoms with Crippen molar-refractivity contribution in [3.05, 3.63) is 0 Å². The second-order valence-corrected chi connectivity index (χ2v) is 7.35. The van der Waals surface area contributed by atoms with Gasteiger partial charge in [0.1, 0.15) is 6.61 Å². The third kappa shape index (κ3) is 4.33. The summed E-state index contributed by atoms with van der Waals surface area (Å²) >= 11 is 0. The lowest BCUT2D eigenvalue weighted by atomic mass is 10.0. The van der Waals surface area contributed by atoms with Crippen LogP contribution in [-0.2, 0) is 19.1 Å². The van der Waals surface area contributed by atoms with Crippen LogP contribution in [-0.4, -0.2) is 97.7 Å². The molecule has 3 rings (SSSR count). The van der Waals surface area contributed by atoms with Crippen molar-refractivity contribution in [3.8, 4) is 0 Å². The van der Waals surface area contributed by atoms with E-state index in [1.165, 1.54) is 0 Å². The molecule has 3 saturated heterocycles. The fourth-order valence-corrected chi connectivity index (χ4v) is 4.47. The Bertz CT molecular complexity index is 479. The molecular formula is C18H31N3O4. The minimum atomic E-state index is 0.0847. The van der Waals surface area contributed by atoms with E-state index in [9.17, 15) is 9.59 Å². The molecule has 3 aliphatic rings. The van der Waals surface area contributed by atoms with Gasteiger partial charge in [-0.3, -0.25) is 9.59 Å². The highest BCUT2D eigenvalue weighted by Gasteiger charge is 2.39. The number of fused-ring (bicyclic) bond motifs is 1. The summed E-state index contributed by atoms with van der Waals surface area (Å²) < 4.78 is 11.0. The van der Waals surface area contributed by atoms with Crippen molar-refractivity contribution in [1.29, 1.82) is 0 Å². The molecule has 7 heteroatoms. The molecule has 0 aromatic heterocycles. The van der Waals surface area contributed by atoms with Gasteiger partial charge in [-0.15, -0.1) is 0 Å². The number of methoxy groups -OCH3 is 1. The highest BCUT2D eigenvalue weighted by molar-refractivity contribution is 5.78. The summed E-state index contributed by atoms with van der Waals surface area (Å²) in [6.07, 6.45) is 4.14. The average Bonchev–Trinajstić information content (AvgIpc) is 2.84. The normalized spacial score (nSPS) is 29.4. The van der Waals surface area contributed by atoms with Gasteiger partial charge >= 0.3 is 0 Å². The molecule has 0 aromatic rings. The largest absolute Gasteiger partial charge is 0.383 e. The van der Waals surface area contributed by atoms with Gasteiger partial charge in [-0.05, 0) is 25.7 Å². The lowest BCUT2D eigenvalue weighted by Gasteiger charge is -2.40. The maximum Gasteiger partial charge on any atom is 0.249 e. The monoisotopic (exact) mass is 353 g/mol. The number of nitrogens with zero attached hydrogens (tertiary/aromatic N) is 3. The predicted octanol–water partition coefficient (Wildman–Crippen LogP) is 0.336. The zero-order valence-electron chi connectivity index (χ0n) is 15.5. The topological polar surface area (TPSA) is 62.3 Å². The van der Waals surface area contributed by atoms with Crippen LogP contribution in [0.15, 0.2) is 0 Å². The summed E-state index contributed by atoms with van der Waals surface area (Å²) in [4.78, 5) is 30.2. The molecule has 0 spiro atoms. The Morgan fingerprint density at radius 2 is 1.88 bits per heavy atom. The number of hydrogen-bond donors (Lipinski definition) is 0. The van der Waals surface area contributed by atoms with Gasteiger partial charge in [-0.25, -0.2) is 0 Å². The lowest BCUT2D eigenvalue weighted by molar-refractivity contribution is -0.158. The highest BCUT2D eigenvalue weighted by Crippen LogP contribution is 2.27. The van der Waals surface area contributed by atoms with Crippen molar-refractivity contribution in [2.24, 2.45) is 0 Å². The minimum Gasteiger partial charge on any atom is -0.383 e. The lowest BCUT2D eigenvalue weighted by Crippen LogP contribution is -2.55. The second kappa shape index (κ2) is 8.47. The van der Waals surface area contributed by atoms with Gasteiger partial charge in [-0.1, -0.05) is 0 Å². The Labute approximate surface area is 150 Å². The molecule has 2 amide bonds. The summed E-state index contributed by atoms with van der Waals surface area (Å²) in [5.74, 6) is 0.266. The van der Waals surface area contributed by atoms with Crippen molar-refractivity contribution < 1.29 is 19.1 Å². The van der Waals surface area contributed by atoms with Crippen LogP contribution < -0.4 is 0 Å². The Hall–Kier alpha value is -1.18. The van der Waals surface area contributed by atoms with E-state index in [-0.39, 0.29) is 30.6 Å². The van der Waals surface area contributed by atoms with E-state index in [2.05, 4.69) is 4.90 Å². The summed E-state index contributed by atoms with van der Waals surface area (Å²) in [6.45, 7) is 6.79. The predicted molar refractivity (Wildman–Crippen MR) is 93.2 cm³/mol. The van der Waals surface area contributed by atoms with Gasteiger partial charge in [0.25, 0.3) is 0 Å². The second-order valence-electron chi connectivity index (χ2n) is 7.35. The first-order valence-electron chi connectivity index (χ1n) is 9.49. The first-order valence-corrected chi connectivity index (χ1v) is 9.49. The van der Waals surface area contributed by atoms with E-state index >= 15 is 0 Å². The van der Waals surface area contributed by atoms with E-state index in [4.69, 9.17) is 9.47 Å². The molecule has 0 bridgehead atoms. The van der Waals surface area contributed by atoms with E-state index in [0.717, 1.165) is 51.9 Å². The van der Waals surface area contributed by atoms with Crippen LogP contribution >= 0.6 is 0 Å². The number of carbonyl (C=O) groups excluding carboxylic acids is 2. The van der Waals surface area contributed by atoms with Crippen LogP contribution in [0.5, 0.6) is 0 Å². The highest BCUT2D eigenvalue weighted by atomic mass is 16.5. The SMILES string of the molecule is COCCN1C(=O)CO[C@H]2CCN(C3CCN(C(C)=O)CC3)CC[C@@H]21. The molecular weight excluding hydrogens is 322 g/mol. The Morgan fingerprint density at radius 3 is 2.56 bits per heavy atom. The molecule has 0 N–H and O–H groups in total. The van der Waals surface area contributed by atoms with Crippen molar-refractivity contribution in [2.75, 3.05) is 53.0 Å². The van der Waals surface area contributed by atoms with Crippen LogP contribution in [0.2, 0.25) is 0 Å². The standard InChI is InChI=1S/C18H31N3O4/c1-14(22)19-7-3-15(4-8-19)20-9-5-16-17(6-10-20)25-13-18(23)21(16)11-12-24-2/h15-17H,3-13H2,1-2H3/t16-,17-/m0/s1. The number of piperidine rings is 1. The summed E-state index contributed by atoms with van der Waals surface area (Å²) in [6, 6.07) is 0.706. The molecule has 3 fully saturated rings. The minimum absolute atomic E-state index is 0.0847. The van der Waals surface area contributed by atoms with Crippen molar-refractivity contribution >= 4 is 11.8 Å². The number of likely N-dealkylation sites (tertiary alicyclic amines) is 2. The number of amides is 2. The fraction of sp³-hybridized carbons (Fsp3) is 0.889. The molecule has 7 nitrogen and oxygen atoms in total. The number of carbonyl (C=O) groups is 2. The summed E-state index contributed by atoms with van der Waals surface area (Å²) in [5, 5.41) is 0. The van der Waals surface area contributed by atoms with E-state index in [1.807, 2.05) is 9.80 Å². The van der Waals surface area contributed by atoms with Crippen molar-refractivity contribution in [2.45, 2.75) is 50.8 Å². The first kappa shape index (κ1) is 18.6. The first-order chi connectivity index (χ1) is 12.1. The molecule has 0 aromatic carbocycles. The van der Waals surface area contributed by atoms with Gasteiger partial charge in [-0.2, -0.15) is 0 Å². The van der Waals surface area contributed by atoms with Crippen LogP contribution in [0.1, 0.15) is 32.6 Å². The maximum atomic E-state index is 12.2. The molecule has 3 aliphatic heterocycles. The molecule has 2 atom stereocenters. The number of morpholine rings is 1. The molecule has 0 unspecified atom stereocenters. The zero-order valence-corrected chi connectivity index (χ0v) is 15.5. The van der Waals surface area contributed by atoms with Crippen molar-refractivity contribution in [1.82, 2.24) is 14.7 Å². The van der Waals surface area contributed by atoms with Crippen LogP contribution in [0, 0.1) is 0 Å². The molecule has 0 aliphatic carbocycles. The van der Waals surface area contributed by atoms with Gasteiger partial charge in [0.05, 0.1) is 18.8 Å². The molecule has 25 heavy (non-hydrogen) atoms. The molecule has 0 radical (unpaired) electrons. The Kier molecular flexibility index (Phi) is 6.30. The van der Waals surface area contributed by atoms with E-state index in [1.54, 1.807) is 14.0 Å². The van der Waals surface area contributed by atoms with Crippen LogP contribution in [0.4, 0.5) is 0 Å². The average molecular weight is 353 g/mol. The zero-order chi connectivity index (χ0) is 17.8. The van der Waals surface area contributed by atoms with Crippen molar-refractivity contribution in [3.63, 3.8) is 0 Å². The number of ether oxygens (including phenoxy) is 2. The quantitative estimate of drug-likeness (QED) is 0.729. The molecule has 0 saturated carbocycles. The van der Waals surface area contributed by atoms with Crippen LogP contribution in [0.25, 0.3) is 0 Å². The Morgan fingerprint density at radius 1 is 1.16 bits per heavy atom. The maximum absolute atomic E-state index is 12.2. The summed E-state index contributed by atoms with van der Waals surface area (Å²) in [7, 11) is 1.67. The van der Waals surface area contributed by atoms with Gasteiger partial charge < -0.3 is 24.2 Å². The molecule has 142 valence electrons. The number of hydrogen-bond acceptors (Lipinski definition) is 5. The molecule has 3 heterocycles. The fourth-order valence-electron chi connectivity index (χ4n) is 4.47. The third-order valence-corrected chi connectivity index (χ3v) is 5.95. The smallest absolute Gasteiger partial charge is 0.249 e. The van der Waals surface area contributed by atoms with Gasteiger partial charge in [0.15, 0.2) is 0 Å². The van der Waals surface area contributed by atoms with E-state index in [0.29, 0.717) is 19.2 Å². The van der Waals surface area contributed by atoms with Gasteiger partial charge in [0.2, 0.25) is 11.8 Å².